The summed E-state index contributed by atoms with van der Waals surface area (Å²) in [7, 11) is 0. The average Bonchev–Trinajstić information content (AvgIpc) is 2.38. The first-order valence-electron chi connectivity index (χ1n) is 6.21. The Kier molecular flexibility index (Phi) is 3.92. The number of aromatic nitrogens is 1. The van der Waals surface area contributed by atoms with Gasteiger partial charge in [-0.25, -0.2) is 0 Å². The van der Waals surface area contributed by atoms with Crippen LogP contribution in [0.5, 0.6) is 0 Å². The van der Waals surface area contributed by atoms with Crippen LogP contribution in [0.25, 0.3) is 0 Å². The zero-order chi connectivity index (χ0) is 12.1. The van der Waals surface area contributed by atoms with E-state index in [1.165, 1.54) is 11.1 Å². The highest BCUT2D eigenvalue weighted by Gasteiger charge is 2.15. The zero-order valence-electron chi connectivity index (χ0n) is 10.5. The lowest BCUT2D eigenvalue weighted by Gasteiger charge is -2.21. The Morgan fingerprint density at radius 2 is 1.59 bits per heavy atom. The minimum absolute atomic E-state index is 0.570. The summed E-state index contributed by atoms with van der Waals surface area (Å²) in [5, 5.41) is 0. The largest absolute Gasteiger partial charge is 0.265 e. The van der Waals surface area contributed by atoms with Crippen molar-refractivity contribution < 1.29 is 0 Å². The summed E-state index contributed by atoms with van der Waals surface area (Å²) in [6, 6.07) is 15.0. The molecular formula is C16H19N. The van der Waals surface area contributed by atoms with E-state index < -0.39 is 0 Å². The third-order valence-corrected chi connectivity index (χ3v) is 3.24. The third-order valence-electron chi connectivity index (χ3n) is 3.24. The van der Waals surface area contributed by atoms with E-state index in [-0.39, 0.29) is 0 Å². The van der Waals surface area contributed by atoms with Gasteiger partial charge in [-0.15, -0.1) is 0 Å². The van der Waals surface area contributed by atoms with Crippen LogP contribution in [0.1, 0.15) is 30.9 Å². The number of pyridine rings is 1. The second-order valence-corrected chi connectivity index (χ2v) is 4.82. The van der Waals surface area contributed by atoms with Gasteiger partial charge in [-0.05, 0) is 41.5 Å². The molecule has 1 heteroatoms. The van der Waals surface area contributed by atoms with Crippen molar-refractivity contribution >= 4 is 0 Å². The predicted molar refractivity (Wildman–Crippen MR) is 72.0 cm³/mol. The topological polar surface area (TPSA) is 12.9 Å². The van der Waals surface area contributed by atoms with Gasteiger partial charge in [0.1, 0.15) is 0 Å². The normalized spacial score (nSPS) is 12.6. The van der Waals surface area contributed by atoms with Crippen LogP contribution in [0.2, 0.25) is 0 Å². The minimum Gasteiger partial charge on any atom is -0.265 e. The van der Waals surface area contributed by atoms with Gasteiger partial charge in [-0.3, -0.25) is 4.98 Å². The molecule has 0 radical (unpaired) electrons. The van der Waals surface area contributed by atoms with Crippen LogP contribution >= 0.6 is 0 Å². The molecule has 17 heavy (non-hydrogen) atoms. The van der Waals surface area contributed by atoms with Crippen molar-refractivity contribution in [2.45, 2.75) is 26.2 Å². The van der Waals surface area contributed by atoms with Gasteiger partial charge in [-0.1, -0.05) is 44.2 Å². The molecule has 1 nitrogen and oxygen atoms in total. The fourth-order valence-corrected chi connectivity index (χ4v) is 2.22. The van der Waals surface area contributed by atoms with Gasteiger partial charge in [0.15, 0.2) is 0 Å². The number of hydrogen-bond donors (Lipinski definition) is 0. The molecule has 1 unspecified atom stereocenters. The highest BCUT2D eigenvalue weighted by Crippen LogP contribution is 2.27. The van der Waals surface area contributed by atoms with Gasteiger partial charge in [0.2, 0.25) is 0 Å². The number of rotatable bonds is 4. The zero-order valence-corrected chi connectivity index (χ0v) is 10.5. The first-order chi connectivity index (χ1) is 8.27. The smallest absolute Gasteiger partial charge is 0.0270 e. The maximum absolute atomic E-state index is 4.09. The SMILES string of the molecule is CC(C)C(Cc1ccccc1)c1ccncc1. The van der Waals surface area contributed by atoms with Crippen LogP contribution in [0.15, 0.2) is 54.9 Å². The van der Waals surface area contributed by atoms with Gasteiger partial charge < -0.3 is 0 Å². The molecule has 0 saturated carbocycles. The van der Waals surface area contributed by atoms with E-state index in [4.69, 9.17) is 0 Å². The molecule has 0 aliphatic rings. The molecule has 0 fully saturated rings. The molecule has 0 bridgehead atoms. The summed E-state index contributed by atoms with van der Waals surface area (Å²) in [6.45, 7) is 4.57. The van der Waals surface area contributed by atoms with E-state index in [9.17, 15) is 0 Å². The molecule has 0 saturated heterocycles. The summed E-state index contributed by atoms with van der Waals surface area (Å²) in [4.78, 5) is 4.09. The first-order valence-corrected chi connectivity index (χ1v) is 6.21. The van der Waals surface area contributed by atoms with Crippen molar-refractivity contribution in [2.75, 3.05) is 0 Å². The third kappa shape index (κ3) is 3.16. The van der Waals surface area contributed by atoms with E-state index in [0.29, 0.717) is 11.8 Å². The van der Waals surface area contributed by atoms with Crippen molar-refractivity contribution in [1.82, 2.24) is 4.98 Å². The second kappa shape index (κ2) is 5.62. The molecular weight excluding hydrogens is 206 g/mol. The van der Waals surface area contributed by atoms with Crippen molar-refractivity contribution in [2.24, 2.45) is 5.92 Å². The number of benzene rings is 1. The fourth-order valence-electron chi connectivity index (χ4n) is 2.22. The van der Waals surface area contributed by atoms with Crippen molar-refractivity contribution in [3.63, 3.8) is 0 Å². The monoisotopic (exact) mass is 225 g/mol. The summed E-state index contributed by atoms with van der Waals surface area (Å²) < 4.78 is 0. The van der Waals surface area contributed by atoms with Gasteiger partial charge in [-0.2, -0.15) is 0 Å². The Hall–Kier alpha value is -1.63. The van der Waals surface area contributed by atoms with E-state index >= 15 is 0 Å². The molecule has 0 aliphatic heterocycles. The first kappa shape index (κ1) is 11.8. The molecule has 0 aliphatic carbocycles. The quantitative estimate of drug-likeness (QED) is 0.764. The summed E-state index contributed by atoms with van der Waals surface area (Å²) in [6.07, 6.45) is 4.87. The van der Waals surface area contributed by atoms with Gasteiger partial charge in [0, 0.05) is 12.4 Å². The summed E-state index contributed by atoms with van der Waals surface area (Å²) in [5.74, 6) is 1.21. The van der Waals surface area contributed by atoms with E-state index in [1.54, 1.807) is 0 Å². The Bertz CT molecular complexity index is 434. The Balaban J connectivity index is 2.20. The lowest BCUT2D eigenvalue weighted by Crippen LogP contribution is -2.10. The lowest BCUT2D eigenvalue weighted by atomic mass is 9.84. The molecule has 1 atom stereocenters. The van der Waals surface area contributed by atoms with Crippen molar-refractivity contribution in [1.29, 1.82) is 0 Å². The maximum atomic E-state index is 4.09. The van der Waals surface area contributed by atoms with Crippen LogP contribution in [-0.4, -0.2) is 4.98 Å². The molecule has 2 aromatic rings. The maximum Gasteiger partial charge on any atom is 0.0270 e. The Morgan fingerprint density at radius 3 is 2.18 bits per heavy atom. The second-order valence-electron chi connectivity index (χ2n) is 4.82. The highest BCUT2D eigenvalue weighted by atomic mass is 14.6. The van der Waals surface area contributed by atoms with E-state index in [1.807, 2.05) is 12.4 Å². The van der Waals surface area contributed by atoms with Gasteiger partial charge >= 0.3 is 0 Å². The van der Waals surface area contributed by atoms with Crippen LogP contribution < -0.4 is 0 Å². The average molecular weight is 225 g/mol. The molecule has 0 spiro atoms. The van der Waals surface area contributed by atoms with Crippen LogP contribution in [-0.2, 0) is 6.42 Å². The van der Waals surface area contributed by atoms with Crippen LogP contribution in [0.3, 0.4) is 0 Å². The van der Waals surface area contributed by atoms with Crippen LogP contribution in [0.4, 0.5) is 0 Å². The predicted octanol–water partition coefficient (Wildman–Crippen LogP) is 4.06. The van der Waals surface area contributed by atoms with Crippen molar-refractivity contribution in [3.05, 3.63) is 66.0 Å². The molecule has 0 amide bonds. The fraction of sp³-hybridized carbons (Fsp3) is 0.312. The summed E-state index contributed by atoms with van der Waals surface area (Å²) >= 11 is 0. The van der Waals surface area contributed by atoms with E-state index in [0.717, 1.165) is 6.42 Å². The van der Waals surface area contributed by atoms with Crippen LogP contribution in [0, 0.1) is 5.92 Å². The standard InChI is InChI=1S/C16H19N/c1-13(2)16(15-8-10-17-11-9-15)12-14-6-4-3-5-7-14/h3-11,13,16H,12H2,1-2H3. The lowest BCUT2D eigenvalue weighted by molar-refractivity contribution is 0.495. The number of nitrogens with zero attached hydrogens (tertiary/aromatic N) is 1. The van der Waals surface area contributed by atoms with E-state index in [2.05, 4.69) is 61.3 Å². The Morgan fingerprint density at radius 1 is 0.941 bits per heavy atom. The van der Waals surface area contributed by atoms with Crippen molar-refractivity contribution in [3.8, 4) is 0 Å². The Labute approximate surface area is 104 Å². The number of hydrogen-bond acceptors (Lipinski definition) is 1. The molecule has 2 rings (SSSR count). The van der Waals surface area contributed by atoms with Gasteiger partial charge in [0.05, 0.1) is 0 Å². The molecule has 0 N–H and O–H groups in total. The minimum atomic E-state index is 0.570. The molecule has 1 aromatic carbocycles. The molecule has 1 heterocycles. The summed E-state index contributed by atoms with van der Waals surface area (Å²) in [5.41, 5.74) is 2.79. The van der Waals surface area contributed by atoms with Gasteiger partial charge in [0.25, 0.3) is 0 Å². The highest BCUT2D eigenvalue weighted by molar-refractivity contribution is 5.23. The molecule has 88 valence electrons. The molecule has 1 aromatic heterocycles.